The Morgan fingerprint density at radius 3 is 2.33 bits per heavy atom. The molecule has 0 spiro atoms. The largest absolute Gasteiger partial charge is 0.416 e. The first kappa shape index (κ1) is 35.2. The van der Waals surface area contributed by atoms with Gasteiger partial charge in [0.2, 0.25) is 5.91 Å². The molecule has 3 aromatic carbocycles. The van der Waals surface area contributed by atoms with Crippen LogP contribution in [0.1, 0.15) is 65.7 Å². The van der Waals surface area contributed by atoms with Crippen LogP contribution in [0.4, 0.5) is 13.2 Å². The van der Waals surface area contributed by atoms with Crippen LogP contribution >= 0.6 is 0 Å². The first-order valence-corrected chi connectivity index (χ1v) is 16.3. The minimum Gasteiger partial charge on any atom is -0.374 e. The molecule has 6 nitrogen and oxygen atoms in total. The number of aryl methyl sites for hydroxylation is 2. The van der Waals surface area contributed by atoms with E-state index >= 15 is 0 Å². The average molecular weight is 638 g/mol. The van der Waals surface area contributed by atoms with Crippen LogP contribution in [-0.4, -0.2) is 74.1 Å². The monoisotopic (exact) mass is 637 g/mol. The van der Waals surface area contributed by atoms with E-state index in [1.165, 1.54) is 28.8 Å². The van der Waals surface area contributed by atoms with E-state index in [0.717, 1.165) is 57.3 Å². The van der Waals surface area contributed by atoms with Crippen molar-refractivity contribution in [3.63, 3.8) is 0 Å². The molecule has 46 heavy (non-hydrogen) atoms. The zero-order valence-electron chi connectivity index (χ0n) is 27.2. The molecule has 9 heteroatoms. The summed E-state index contributed by atoms with van der Waals surface area (Å²) in [5.41, 5.74) is 4.98. The normalized spacial score (nSPS) is 15.5. The fraction of sp³-hybridized carbons (Fsp3) is 0.459. The quantitative estimate of drug-likeness (QED) is 0.198. The van der Waals surface area contributed by atoms with E-state index in [9.17, 15) is 22.8 Å². The van der Waals surface area contributed by atoms with Crippen molar-refractivity contribution < 1.29 is 27.5 Å². The first-order chi connectivity index (χ1) is 22.1. The predicted octanol–water partition coefficient (Wildman–Crippen LogP) is 6.80. The molecule has 1 saturated heterocycles. The molecule has 1 aliphatic heterocycles. The highest BCUT2D eigenvalue weighted by atomic mass is 19.4. The molecule has 0 aliphatic carbocycles. The van der Waals surface area contributed by atoms with Crippen molar-refractivity contribution in [2.45, 2.75) is 64.7 Å². The number of alkyl halides is 3. The number of ether oxygens (including phenoxy) is 1. The molecule has 1 unspecified atom stereocenters. The van der Waals surface area contributed by atoms with Crippen LogP contribution in [0.15, 0.2) is 66.7 Å². The number of hydrogen-bond acceptors (Lipinski definition) is 4. The van der Waals surface area contributed by atoms with Gasteiger partial charge in [-0.1, -0.05) is 62.4 Å². The summed E-state index contributed by atoms with van der Waals surface area (Å²) >= 11 is 0. The fourth-order valence-electron chi connectivity index (χ4n) is 6.16. The summed E-state index contributed by atoms with van der Waals surface area (Å²) in [6, 6.07) is 18.3. The Balaban J connectivity index is 1.21. The molecule has 1 aliphatic rings. The summed E-state index contributed by atoms with van der Waals surface area (Å²) in [5.74, 6) is -0.133. The summed E-state index contributed by atoms with van der Waals surface area (Å²) in [6.45, 7) is 8.18. The minimum atomic E-state index is -4.42. The van der Waals surface area contributed by atoms with Gasteiger partial charge in [0, 0.05) is 51.8 Å². The topological polar surface area (TPSA) is 61.9 Å². The summed E-state index contributed by atoms with van der Waals surface area (Å²) in [5, 5.41) is 3.07. The molecule has 4 rings (SSSR count). The average Bonchev–Trinajstić information content (AvgIpc) is 3.06. The van der Waals surface area contributed by atoms with Gasteiger partial charge in [-0.2, -0.15) is 13.2 Å². The van der Waals surface area contributed by atoms with E-state index < -0.39 is 11.7 Å². The van der Waals surface area contributed by atoms with Crippen LogP contribution < -0.4 is 5.32 Å². The molecule has 1 atom stereocenters. The second-order valence-corrected chi connectivity index (χ2v) is 11.9. The number of amides is 2. The van der Waals surface area contributed by atoms with E-state index in [1.807, 2.05) is 0 Å². The molecule has 0 aromatic heterocycles. The number of morpholine rings is 1. The van der Waals surface area contributed by atoms with Crippen molar-refractivity contribution >= 4 is 11.8 Å². The lowest BCUT2D eigenvalue weighted by atomic mass is 9.93. The van der Waals surface area contributed by atoms with Gasteiger partial charge in [-0.3, -0.25) is 14.5 Å². The molecule has 1 fully saturated rings. The minimum absolute atomic E-state index is 0.0867. The van der Waals surface area contributed by atoms with Crippen molar-refractivity contribution in [1.29, 1.82) is 0 Å². The van der Waals surface area contributed by atoms with Crippen LogP contribution in [0.25, 0.3) is 11.1 Å². The van der Waals surface area contributed by atoms with Gasteiger partial charge in [0.15, 0.2) is 0 Å². The molecule has 3 aromatic rings. The Kier molecular flexibility index (Phi) is 12.8. The molecule has 248 valence electrons. The van der Waals surface area contributed by atoms with Crippen LogP contribution in [0, 0.1) is 0 Å². The zero-order valence-corrected chi connectivity index (χ0v) is 27.2. The molecule has 1 N–H and O–H groups in total. The maximum Gasteiger partial charge on any atom is 0.416 e. The predicted molar refractivity (Wildman–Crippen MR) is 176 cm³/mol. The second kappa shape index (κ2) is 16.7. The number of nitrogens with one attached hydrogen (secondary N) is 1. The maximum absolute atomic E-state index is 13.5. The van der Waals surface area contributed by atoms with Gasteiger partial charge in [-0.05, 0) is 78.1 Å². The number of rotatable bonds is 14. The number of likely N-dealkylation sites (N-methyl/N-ethyl adjacent to an activating group) is 1. The lowest BCUT2D eigenvalue weighted by molar-refractivity contribution is -0.137. The molecule has 0 radical (unpaired) electrons. The highest BCUT2D eigenvalue weighted by molar-refractivity contribution is 6.00. The second-order valence-electron chi connectivity index (χ2n) is 11.9. The van der Waals surface area contributed by atoms with Crippen LogP contribution in [-0.2, 0) is 35.0 Å². The molecule has 2 amide bonds. The van der Waals surface area contributed by atoms with Gasteiger partial charge in [0.25, 0.3) is 5.91 Å². The Morgan fingerprint density at radius 2 is 1.65 bits per heavy atom. The summed E-state index contributed by atoms with van der Waals surface area (Å²) in [4.78, 5) is 29.8. The summed E-state index contributed by atoms with van der Waals surface area (Å²) < 4.78 is 45.1. The third kappa shape index (κ3) is 9.66. The van der Waals surface area contributed by atoms with Crippen molar-refractivity contribution in [3.05, 3.63) is 94.5 Å². The Hall–Kier alpha value is -3.69. The summed E-state index contributed by atoms with van der Waals surface area (Å²) in [6.07, 6.45) is 0.519. The highest BCUT2D eigenvalue weighted by Gasteiger charge is 2.30. The van der Waals surface area contributed by atoms with Gasteiger partial charge in [-0.25, -0.2) is 0 Å². The van der Waals surface area contributed by atoms with Crippen LogP contribution in [0.3, 0.4) is 0 Å². The van der Waals surface area contributed by atoms with Crippen molar-refractivity contribution in [2.75, 3.05) is 46.4 Å². The summed E-state index contributed by atoms with van der Waals surface area (Å²) in [7, 11) is 1.72. The molecule has 0 saturated carbocycles. The maximum atomic E-state index is 13.5. The van der Waals surface area contributed by atoms with Gasteiger partial charge < -0.3 is 15.0 Å². The Bertz CT molecular complexity index is 1420. The van der Waals surface area contributed by atoms with Gasteiger partial charge in [0.05, 0.1) is 18.3 Å². The Morgan fingerprint density at radius 1 is 0.957 bits per heavy atom. The number of benzene rings is 3. The molecular weight excluding hydrogens is 591 g/mol. The van der Waals surface area contributed by atoms with Gasteiger partial charge >= 0.3 is 6.18 Å². The molecule has 0 bridgehead atoms. The van der Waals surface area contributed by atoms with Crippen LogP contribution in [0.5, 0.6) is 0 Å². The number of nitrogens with zero attached hydrogens (tertiary/aromatic N) is 2. The van der Waals surface area contributed by atoms with E-state index in [2.05, 4.69) is 42.3 Å². The van der Waals surface area contributed by atoms with E-state index in [1.54, 1.807) is 36.2 Å². The Labute approximate surface area is 270 Å². The standard InChI is InChI=1S/C37H46F3N3O3/c1-4-27-11-8-12-28(5-2)32(27)15-9-16-35(44)41-21-10-22-43-23-24-46-31(26-43)25-42(3)36(45)34-14-7-6-13-33(34)29-17-19-30(20-18-29)37(38,39)40/h6-8,11-14,17-20,31H,4-5,9-10,15-16,21-26H2,1-3H3,(H,41,44). The van der Waals surface area contributed by atoms with Gasteiger partial charge in [-0.15, -0.1) is 0 Å². The van der Waals surface area contributed by atoms with Gasteiger partial charge in [0.1, 0.15) is 0 Å². The third-order valence-corrected chi connectivity index (χ3v) is 8.66. The van der Waals surface area contributed by atoms with Crippen molar-refractivity contribution in [1.82, 2.24) is 15.1 Å². The highest BCUT2D eigenvalue weighted by Crippen LogP contribution is 2.32. The number of halogens is 3. The molecule has 1 heterocycles. The van der Waals surface area contributed by atoms with Crippen molar-refractivity contribution in [2.24, 2.45) is 0 Å². The first-order valence-electron chi connectivity index (χ1n) is 16.3. The van der Waals surface area contributed by atoms with Crippen molar-refractivity contribution in [3.8, 4) is 11.1 Å². The van der Waals surface area contributed by atoms with Crippen LogP contribution in [0.2, 0.25) is 0 Å². The number of carbonyl (C=O) groups excluding carboxylic acids is 2. The zero-order chi connectivity index (χ0) is 33.1. The number of hydrogen-bond donors (Lipinski definition) is 1. The third-order valence-electron chi connectivity index (χ3n) is 8.66. The lowest BCUT2D eigenvalue weighted by Gasteiger charge is -2.35. The van der Waals surface area contributed by atoms with E-state index in [-0.39, 0.29) is 17.9 Å². The smallest absolute Gasteiger partial charge is 0.374 e. The van der Waals surface area contributed by atoms with E-state index in [0.29, 0.717) is 49.4 Å². The molecular formula is C37H46F3N3O3. The van der Waals surface area contributed by atoms with E-state index in [4.69, 9.17) is 4.74 Å². The SMILES string of the molecule is CCc1cccc(CC)c1CCCC(=O)NCCCN1CCOC(CN(C)C(=O)c2ccccc2-c2ccc(C(F)(F)F)cc2)C1. The lowest BCUT2D eigenvalue weighted by Crippen LogP contribution is -2.48. The fourth-order valence-corrected chi connectivity index (χ4v) is 6.16. The number of carbonyl (C=O) groups is 2.